The number of hydrogen-bond acceptors (Lipinski definition) is 3. The molecule has 1 heterocycles. The van der Waals surface area contributed by atoms with E-state index in [2.05, 4.69) is 5.32 Å². The Bertz CT molecular complexity index is 909. The Morgan fingerprint density at radius 1 is 1.17 bits per heavy atom. The fraction of sp³-hybridized carbons (Fsp3) is 0.391. The molecular formula is C23H26F2N2O3. The molecule has 1 N–H and O–H groups in total. The minimum absolute atomic E-state index is 0.222. The minimum Gasteiger partial charge on any atom is -0.378 e. The number of nitrogens with one attached hydrogen (secondary N) is 1. The molecule has 1 atom stereocenters. The maximum absolute atomic E-state index is 14.3. The normalized spacial score (nSPS) is 15.8. The van der Waals surface area contributed by atoms with Gasteiger partial charge in [0.05, 0.1) is 17.4 Å². The average Bonchev–Trinajstić information content (AvgIpc) is 3.23. The Morgan fingerprint density at radius 3 is 2.57 bits per heavy atom. The number of ether oxygens (including phenoxy) is 1. The highest BCUT2D eigenvalue weighted by Crippen LogP contribution is 2.22. The number of carbonyl (C=O) groups excluding carboxylic acids is 2. The predicted molar refractivity (Wildman–Crippen MR) is 111 cm³/mol. The number of nitrogens with zero attached hydrogens (tertiary/aromatic N) is 1. The molecule has 1 fully saturated rings. The van der Waals surface area contributed by atoms with Crippen LogP contribution in [-0.2, 0) is 4.74 Å². The lowest BCUT2D eigenvalue weighted by atomic mass is 10.1. The van der Waals surface area contributed by atoms with Crippen LogP contribution in [0.15, 0.2) is 36.4 Å². The van der Waals surface area contributed by atoms with Gasteiger partial charge in [-0.15, -0.1) is 0 Å². The molecule has 7 heteroatoms. The molecule has 1 saturated heterocycles. The van der Waals surface area contributed by atoms with E-state index in [0.717, 1.165) is 43.9 Å². The smallest absolute Gasteiger partial charge is 0.256 e. The zero-order valence-electron chi connectivity index (χ0n) is 17.2. The molecule has 1 aliphatic heterocycles. The number of rotatable bonds is 7. The molecule has 0 bridgehead atoms. The number of carbonyl (C=O) groups is 2. The Morgan fingerprint density at radius 2 is 1.90 bits per heavy atom. The highest BCUT2D eigenvalue weighted by molar-refractivity contribution is 6.05. The Kier molecular flexibility index (Phi) is 7.15. The van der Waals surface area contributed by atoms with E-state index in [4.69, 9.17) is 4.74 Å². The molecule has 1 aliphatic rings. The van der Waals surface area contributed by atoms with Gasteiger partial charge in [0.2, 0.25) is 0 Å². The van der Waals surface area contributed by atoms with E-state index >= 15 is 0 Å². The molecule has 0 aliphatic carbocycles. The molecule has 0 saturated carbocycles. The molecule has 2 aromatic carbocycles. The maximum atomic E-state index is 14.3. The fourth-order valence-corrected chi connectivity index (χ4v) is 3.44. The molecule has 0 radical (unpaired) electrons. The number of hydrogen-bond donors (Lipinski definition) is 1. The van der Waals surface area contributed by atoms with Crippen molar-refractivity contribution in [2.45, 2.75) is 38.7 Å². The molecule has 0 spiro atoms. The summed E-state index contributed by atoms with van der Waals surface area (Å²) in [6.45, 7) is 3.09. The van der Waals surface area contributed by atoms with Gasteiger partial charge in [0.15, 0.2) is 0 Å². The van der Waals surface area contributed by atoms with Gasteiger partial charge >= 0.3 is 0 Å². The van der Waals surface area contributed by atoms with Crippen molar-refractivity contribution in [3.05, 3.63) is 64.7 Å². The van der Waals surface area contributed by atoms with E-state index in [1.165, 1.54) is 4.90 Å². The number of halogens is 2. The third-order valence-electron chi connectivity index (χ3n) is 5.24. The van der Waals surface area contributed by atoms with Crippen LogP contribution in [0.1, 0.15) is 52.0 Å². The number of aryl methyl sites for hydroxylation is 1. The lowest BCUT2D eigenvalue weighted by Crippen LogP contribution is -2.29. The van der Waals surface area contributed by atoms with Crippen molar-refractivity contribution in [2.24, 2.45) is 0 Å². The van der Waals surface area contributed by atoms with Gasteiger partial charge in [0, 0.05) is 31.8 Å². The van der Waals surface area contributed by atoms with E-state index in [1.807, 2.05) is 6.92 Å². The van der Waals surface area contributed by atoms with Gasteiger partial charge in [-0.1, -0.05) is 17.7 Å². The SMILES string of the molecule is Cc1ccc(C(=O)Nc2cc(C(=O)N(C)CCCC3CCCO3)c(F)cc2F)cc1. The molecule has 1 unspecified atom stereocenters. The zero-order chi connectivity index (χ0) is 21.7. The first-order chi connectivity index (χ1) is 14.3. The van der Waals surface area contributed by atoms with Gasteiger partial charge in [0.1, 0.15) is 11.6 Å². The van der Waals surface area contributed by atoms with E-state index in [-0.39, 0.29) is 17.4 Å². The average molecular weight is 416 g/mol. The van der Waals surface area contributed by atoms with Crippen molar-refractivity contribution in [1.82, 2.24) is 4.90 Å². The minimum atomic E-state index is -0.961. The van der Waals surface area contributed by atoms with Gasteiger partial charge in [-0.2, -0.15) is 0 Å². The fourth-order valence-electron chi connectivity index (χ4n) is 3.44. The van der Waals surface area contributed by atoms with Crippen LogP contribution in [0.25, 0.3) is 0 Å². The summed E-state index contributed by atoms with van der Waals surface area (Å²) in [5.74, 6) is -3.00. The van der Waals surface area contributed by atoms with Crippen molar-refractivity contribution in [2.75, 3.05) is 25.5 Å². The van der Waals surface area contributed by atoms with Crippen molar-refractivity contribution in [3.63, 3.8) is 0 Å². The summed E-state index contributed by atoms with van der Waals surface area (Å²) in [7, 11) is 1.57. The second kappa shape index (κ2) is 9.80. The van der Waals surface area contributed by atoms with Crippen LogP contribution in [0.2, 0.25) is 0 Å². The van der Waals surface area contributed by atoms with E-state index in [9.17, 15) is 18.4 Å². The Hall–Kier alpha value is -2.80. The zero-order valence-corrected chi connectivity index (χ0v) is 17.2. The molecule has 30 heavy (non-hydrogen) atoms. The summed E-state index contributed by atoms with van der Waals surface area (Å²) in [6.07, 6.45) is 3.86. The highest BCUT2D eigenvalue weighted by atomic mass is 19.1. The van der Waals surface area contributed by atoms with Crippen LogP contribution in [-0.4, -0.2) is 43.0 Å². The first-order valence-corrected chi connectivity index (χ1v) is 10.1. The molecule has 2 amide bonds. The van der Waals surface area contributed by atoms with Crippen molar-refractivity contribution in [3.8, 4) is 0 Å². The van der Waals surface area contributed by atoms with E-state index in [0.29, 0.717) is 18.2 Å². The third kappa shape index (κ3) is 5.42. The van der Waals surface area contributed by atoms with Crippen LogP contribution in [0, 0.1) is 18.6 Å². The monoisotopic (exact) mass is 416 g/mol. The number of benzene rings is 2. The summed E-state index contributed by atoms with van der Waals surface area (Å²) in [4.78, 5) is 26.4. The lowest BCUT2D eigenvalue weighted by molar-refractivity contribution is 0.0758. The highest BCUT2D eigenvalue weighted by Gasteiger charge is 2.21. The van der Waals surface area contributed by atoms with Gasteiger partial charge in [-0.3, -0.25) is 9.59 Å². The molecule has 3 rings (SSSR count). The predicted octanol–water partition coefficient (Wildman–Crippen LogP) is 4.56. The third-order valence-corrected chi connectivity index (χ3v) is 5.24. The van der Waals surface area contributed by atoms with Crippen LogP contribution in [0.3, 0.4) is 0 Å². The first-order valence-electron chi connectivity index (χ1n) is 10.1. The summed E-state index contributed by atoms with van der Waals surface area (Å²) < 4.78 is 34.1. The quantitative estimate of drug-likeness (QED) is 0.720. The molecule has 160 valence electrons. The van der Waals surface area contributed by atoms with Crippen molar-refractivity contribution < 1.29 is 23.1 Å². The topological polar surface area (TPSA) is 58.6 Å². The molecule has 0 aromatic heterocycles. The summed E-state index contributed by atoms with van der Waals surface area (Å²) in [6, 6.07) is 8.42. The maximum Gasteiger partial charge on any atom is 0.256 e. The summed E-state index contributed by atoms with van der Waals surface area (Å²) in [5, 5.41) is 2.42. The second-order valence-corrected chi connectivity index (χ2v) is 7.64. The van der Waals surface area contributed by atoms with Gasteiger partial charge < -0.3 is 15.0 Å². The summed E-state index contributed by atoms with van der Waals surface area (Å²) in [5.41, 5.74) is 0.798. The number of anilines is 1. The van der Waals surface area contributed by atoms with Gasteiger partial charge in [-0.05, 0) is 50.8 Å². The van der Waals surface area contributed by atoms with Crippen LogP contribution in [0.5, 0.6) is 0 Å². The standard InChI is InChI=1S/C23H26F2N2O3/c1-15-7-9-16(10-8-15)22(28)26-21-13-18(19(24)14-20(21)25)23(29)27(2)11-3-5-17-6-4-12-30-17/h7-10,13-14,17H,3-6,11-12H2,1-2H3,(H,26,28). The van der Waals surface area contributed by atoms with Crippen LogP contribution in [0.4, 0.5) is 14.5 Å². The second-order valence-electron chi connectivity index (χ2n) is 7.64. The molecular weight excluding hydrogens is 390 g/mol. The lowest BCUT2D eigenvalue weighted by Gasteiger charge is -2.19. The molecule has 5 nitrogen and oxygen atoms in total. The Balaban J connectivity index is 1.67. The number of amides is 2. The van der Waals surface area contributed by atoms with Gasteiger partial charge in [-0.25, -0.2) is 8.78 Å². The van der Waals surface area contributed by atoms with Gasteiger partial charge in [0.25, 0.3) is 11.8 Å². The van der Waals surface area contributed by atoms with E-state index in [1.54, 1.807) is 31.3 Å². The first kappa shape index (κ1) is 21.9. The van der Waals surface area contributed by atoms with Crippen LogP contribution < -0.4 is 5.32 Å². The summed E-state index contributed by atoms with van der Waals surface area (Å²) >= 11 is 0. The van der Waals surface area contributed by atoms with Crippen LogP contribution >= 0.6 is 0 Å². The van der Waals surface area contributed by atoms with Crippen molar-refractivity contribution >= 4 is 17.5 Å². The molecule has 2 aromatic rings. The van der Waals surface area contributed by atoms with Crippen molar-refractivity contribution in [1.29, 1.82) is 0 Å². The van der Waals surface area contributed by atoms with E-state index < -0.39 is 23.4 Å². The largest absolute Gasteiger partial charge is 0.378 e. The Labute approximate surface area is 175 Å².